The summed E-state index contributed by atoms with van der Waals surface area (Å²) >= 11 is 0. The van der Waals surface area contributed by atoms with Crippen LogP contribution in [0.4, 0.5) is 13.2 Å². The molecule has 1 unspecified atom stereocenters. The molecule has 1 aromatic rings. The molecule has 142 valence electrons. The first kappa shape index (κ1) is 22.0. The Balaban J connectivity index is 0.00000312. The van der Waals surface area contributed by atoms with Crippen molar-refractivity contribution < 1.29 is 17.9 Å². The molecule has 4 nitrogen and oxygen atoms in total. The Morgan fingerprint density at radius 2 is 2.08 bits per heavy atom. The lowest BCUT2D eigenvalue weighted by Gasteiger charge is -2.31. The summed E-state index contributed by atoms with van der Waals surface area (Å²) in [5.41, 5.74) is 7.64. The number of likely N-dealkylation sites (tertiary alicyclic amines) is 1. The summed E-state index contributed by atoms with van der Waals surface area (Å²) in [6.07, 6.45) is -1.98. The molecule has 0 saturated carbocycles. The molecule has 2 rings (SSSR count). The lowest BCUT2D eigenvalue weighted by molar-refractivity contribution is -0.176. The van der Waals surface area contributed by atoms with Crippen LogP contribution in [0.2, 0.25) is 0 Å². The van der Waals surface area contributed by atoms with Crippen LogP contribution in [0.15, 0.2) is 29.3 Å². The Bertz CT molecular complexity index is 566. The zero-order valence-corrected chi connectivity index (χ0v) is 16.6. The van der Waals surface area contributed by atoms with Gasteiger partial charge in [0.05, 0.1) is 13.2 Å². The molecular weight excluding hydrogens is 446 g/mol. The third-order valence-electron chi connectivity index (χ3n) is 3.93. The van der Waals surface area contributed by atoms with Crippen LogP contribution in [0.25, 0.3) is 0 Å². The lowest BCUT2D eigenvalue weighted by atomic mass is 10.0. The second kappa shape index (κ2) is 10.2. The fourth-order valence-corrected chi connectivity index (χ4v) is 2.77. The van der Waals surface area contributed by atoms with E-state index in [2.05, 4.69) is 21.6 Å². The van der Waals surface area contributed by atoms with Gasteiger partial charge in [-0.2, -0.15) is 13.2 Å². The minimum atomic E-state index is -4.30. The lowest BCUT2D eigenvalue weighted by Crippen LogP contribution is -2.43. The van der Waals surface area contributed by atoms with Gasteiger partial charge in [0.25, 0.3) is 0 Å². The van der Waals surface area contributed by atoms with Crippen molar-refractivity contribution in [1.82, 2.24) is 4.90 Å². The third-order valence-corrected chi connectivity index (χ3v) is 3.93. The highest BCUT2D eigenvalue weighted by molar-refractivity contribution is 14.0. The van der Waals surface area contributed by atoms with Gasteiger partial charge in [-0.25, -0.2) is 4.99 Å². The summed E-state index contributed by atoms with van der Waals surface area (Å²) in [5.74, 6) is 1.14. The van der Waals surface area contributed by atoms with Crippen molar-refractivity contribution in [2.45, 2.75) is 39.1 Å². The minimum Gasteiger partial charge on any atom is -0.370 e. The Morgan fingerprint density at radius 1 is 1.36 bits per heavy atom. The van der Waals surface area contributed by atoms with Gasteiger partial charge < -0.3 is 15.4 Å². The first-order valence-corrected chi connectivity index (χ1v) is 8.10. The molecule has 1 fully saturated rings. The van der Waals surface area contributed by atoms with Gasteiger partial charge in [0.2, 0.25) is 0 Å². The van der Waals surface area contributed by atoms with Crippen molar-refractivity contribution in [1.29, 1.82) is 0 Å². The van der Waals surface area contributed by atoms with Crippen LogP contribution in [0.5, 0.6) is 0 Å². The topological polar surface area (TPSA) is 50.8 Å². The fraction of sp³-hybridized carbons (Fsp3) is 0.588. The summed E-state index contributed by atoms with van der Waals surface area (Å²) in [6.45, 7) is 3.13. The average Bonchev–Trinajstić information content (AvgIpc) is 2.52. The number of hydrogen-bond acceptors (Lipinski definition) is 2. The Morgan fingerprint density at radius 3 is 2.76 bits per heavy atom. The van der Waals surface area contributed by atoms with Crippen molar-refractivity contribution in [3.63, 3.8) is 0 Å². The standard InChI is InChI=1S/C17H24F3N3O.HI/c1-13-4-3-7-23(10-13)16(21)22-9-14-5-2-6-15(8-14)11-24-12-17(18,19)20;/h2,5-6,8,13H,3-4,7,9-12H2,1H3,(H2,21,22);1H. The molecule has 8 heteroatoms. The Kier molecular flexibility index (Phi) is 8.98. The maximum absolute atomic E-state index is 12.1. The molecule has 1 aliphatic rings. The molecule has 0 amide bonds. The molecule has 0 aromatic heterocycles. The van der Waals surface area contributed by atoms with Crippen LogP contribution in [-0.2, 0) is 17.9 Å². The summed E-state index contributed by atoms with van der Waals surface area (Å²) in [7, 11) is 0. The first-order valence-electron chi connectivity index (χ1n) is 8.10. The molecule has 0 spiro atoms. The number of alkyl halides is 3. The van der Waals surface area contributed by atoms with E-state index in [-0.39, 0.29) is 30.6 Å². The molecule has 25 heavy (non-hydrogen) atoms. The Labute approximate surface area is 163 Å². The van der Waals surface area contributed by atoms with E-state index in [1.807, 2.05) is 6.07 Å². The summed E-state index contributed by atoms with van der Waals surface area (Å²) < 4.78 is 40.9. The maximum atomic E-state index is 12.1. The van der Waals surface area contributed by atoms with Crippen molar-refractivity contribution >= 4 is 29.9 Å². The van der Waals surface area contributed by atoms with Crippen LogP contribution in [0.3, 0.4) is 0 Å². The first-order chi connectivity index (χ1) is 11.3. The number of piperidine rings is 1. The minimum absolute atomic E-state index is 0. The van der Waals surface area contributed by atoms with Crippen molar-refractivity contribution in [2.75, 3.05) is 19.7 Å². The normalized spacial score (nSPS) is 18.8. The molecule has 1 aromatic carbocycles. The average molecular weight is 471 g/mol. The molecule has 1 atom stereocenters. The van der Waals surface area contributed by atoms with Gasteiger partial charge in [0.15, 0.2) is 5.96 Å². The van der Waals surface area contributed by atoms with Crippen LogP contribution in [0, 0.1) is 5.92 Å². The predicted octanol–water partition coefficient (Wildman–Crippen LogP) is 3.93. The predicted molar refractivity (Wildman–Crippen MR) is 103 cm³/mol. The van der Waals surface area contributed by atoms with E-state index in [1.165, 1.54) is 6.42 Å². The zero-order chi connectivity index (χ0) is 17.6. The van der Waals surface area contributed by atoms with Gasteiger partial charge in [0.1, 0.15) is 6.61 Å². The highest BCUT2D eigenvalue weighted by Gasteiger charge is 2.27. The number of benzene rings is 1. The molecule has 1 saturated heterocycles. The van der Waals surface area contributed by atoms with Crippen LogP contribution in [0.1, 0.15) is 30.9 Å². The number of guanidine groups is 1. The number of ether oxygens (including phenoxy) is 1. The monoisotopic (exact) mass is 471 g/mol. The number of hydrogen-bond donors (Lipinski definition) is 1. The second-order valence-corrected chi connectivity index (χ2v) is 6.30. The quantitative estimate of drug-likeness (QED) is 0.403. The van der Waals surface area contributed by atoms with Crippen LogP contribution in [-0.4, -0.2) is 36.7 Å². The van der Waals surface area contributed by atoms with E-state index in [4.69, 9.17) is 5.73 Å². The van der Waals surface area contributed by atoms with E-state index < -0.39 is 12.8 Å². The molecule has 0 bridgehead atoms. The van der Waals surface area contributed by atoms with Gasteiger partial charge in [-0.05, 0) is 29.9 Å². The smallest absolute Gasteiger partial charge is 0.370 e. The van der Waals surface area contributed by atoms with E-state index in [0.717, 1.165) is 25.1 Å². The van der Waals surface area contributed by atoms with Gasteiger partial charge in [-0.15, -0.1) is 24.0 Å². The number of nitrogens with zero attached hydrogens (tertiary/aromatic N) is 2. The van der Waals surface area contributed by atoms with Crippen LogP contribution < -0.4 is 5.73 Å². The van der Waals surface area contributed by atoms with E-state index in [0.29, 0.717) is 24.0 Å². The number of nitrogens with two attached hydrogens (primary N) is 1. The zero-order valence-electron chi connectivity index (χ0n) is 14.3. The summed E-state index contributed by atoms with van der Waals surface area (Å²) in [4.78, 5) is 6.50. The number of halogens is 4. The van der Waals surface area contributed by atoms with Gasteiger partial charge in [-0.1, -0.05) is 31.2 Å². The Hall–Kier alpha value is -1.03. The molecule has 1 heterocycles. The molecule has 0 aliphatic carbocycles. The highest BCUT2D eigenvalue weighted by atomic mass is 127. The summed E-state index contributed by atoms with van der Waals surface area (Å²) in [6, 6.07) is 7.20. The highest BCUT2D eigenvalue weighted by Crippen LogP contribution is 2.17. The largest absolute Gasteiger partial charge is 0.411 e. The van der Waals surface area contributed by atoms with Gasteiger partial charge in [-0.3, -0.25) is 0 Å². The van der Waals surface area contributed by atoms with Gasteiger partial charge >= 0.3 is 6.18 Å². The van der Waals surface area contributed by atoms with E-state index in [1.54, 1.807) is 18.2 Å². The SMILES string of the molecule is CC1CCCN(C(N)=NCc2cccc(COCC(F)(F)F)c2)C1.I. The van der Waals surface area contributed by atoms with E-state index >= 15 is 0 Å². The molecule has 0 radical (unpaired) electrons. The van der Waals surface area contributed by atoms with Crippen molar-refractivity contribution in [3.8, 4) is 0 Å². The molecule has 1 aliphatic heterocycles. The molecular formula is C17H25F3IN3O. The summed E-state index contributed by atoms with van der Waals surface area (Å²) in [5, 5.41) is 0. The second-order valence-electron chi connectivity index (χ2n) is 6.30. The van der Waals surface area contributed by atoms with Crippen molar-refractivity contribution in [3.05, 3.63) is 35.4 Å². The fourth-order valence-electron chi connectivity index (χ4n) is 2.77. The number of aliphatic imine (C=N–C) groups is 1. The van der Waals surface area contributed by atoms with Crippen LogP contribution >= 0.6 is 24.0 Å². The number of rotatable bonds is 5. The van der Waals surface area contributed by atoms with Crippen molar-refractivity contribution in [2.24, 2.45) is 16.6 Å². The van der Waals surface area contributed by atoms with Gasteiger partial charge in [0, 0.05) is 13.1 Å². The molecule has 2 N–H and O–H groups in total. The van der Waals surface area contributed by atoms with E-state index in [9.17, 15) is 13.2 Å². The maximum Gasteiger partial charge on any atom is 0.411 e. The third kappa shape index (κ3) is 8.26.